The fourth-order valence-electron chi connectivity index (χ4n) is 1.50. The van der Waals surface area contributed by atoms with Crippen LogP contribution < -0.4 is 5.56 Å². The first-order valence-corrected chi connectivity index (χ1v) is 4.59. The van der Waals surface area contributed by atoms with Gasteiger partial charge in [-0.15, -0.1) is 14.8 Å². The van der Waals surface area contributed by atoms with Gasteiger partial charge in [0.1, 0.15) is 5.82 Å². The van der Waals surface area contributed by atoms with E-state index in [0.29, 0.717) is 11.4 Å². The van der Waals surface area contributed by atoms with Crippen LogP contribution in [0, 0.1) is 13.8 Å². The number of hydrogen-bond acceptors (Lipinski definition) is 5. The number of carbonyl (C=O) groups is 1. The number of rotatable bonds is 1. The molecule has 0 saturated carbocycles. The number of H-pyrrole nitrogens is 1. The summed E-state index contributed by atoms with van der Waals surface area (Å²) in [6, 6.07) is 0. The van der Waals surface area contributed by atoms with Crippen LogP contribution >= 0.6 is 0 Å². The van der Waals surface area contributed by atoms with Gasteiger partial charge in [-0.25, -0.2) is 4.79 Å². The minimum atomic E-state index is -0.583. The van der Waals surface area contributed by atoms with Gasteiger partial charge >= 0.3 is 5.97 Å². The van der Waals surface area contributed by atoms with Crippen LogP contribution in [0.15, 0.2) is 4.79 Å². The minimum Gasteiger partial charge on any atom is -0.464 e. The molecule has 2 rings (SSSR count). The first-order valence-electron chi connectivity index (χ1n) is 4.59. The van der Waals surface area contributed by atoms with Crippen LogP contribution in [-0.4, -0.2) is 32.9 Å². The largest absolute Gasteiger partial charge is 0.464 e. The summed E-state index contributed by atoms with van der Waals surface area (Å²) >= 11 is 0. The number of aryl methyl sites for hydroxylation is 2. The van der Waals surface area contributed by atoms with Crippen molar-refractivity contribution >= 4 is 11.5 Å². The van der Waals surface area contributed by atoms with E-state index in [1.807, 2.05) is 0 Å². The van der Waals surface area contributed by atoms with Gasteiger partial charge in [-0.2, -0.15) is 0 Å². The summed E-state index contributed by atoms with van der Waals surface area (Å²) in [6.45, 7) is 3.26. The first kappa shape index (κ1) is 10.3. The molecule has 0 amide bonds. The normalized spacial score (nSPS) is 10.7. The number of ether oxygens (including phenoxy) is 1. The fourth-order valence-corrected chi connectivity index (χ4v) is 1.50. The Bertz CT molecular complexity index is 625. The molecule has 0 aliphatic heterocycles. The standard InChI is InChI=1S/C9H10N4O3/c1-4-6(9(15)16-3)12-13-7(4)8(14)10-5(2)11-13/h1-3H3,(H,10,11,14). The Labute approximate surface area is 90.0 Å². The summed E-state index contributed by atoms with van der Waals surface area (Å²) in [5.41, 5.74) is 0.491. The molecule has 0 aromatic carbocycles. The van der Waals surface area contributed by atoms with Gasteiger partial charge in [-0.05, 0) is 13.8 Å². The van der Waals surface area contributed by atoms with Crippen LogP contribution in [0.25, 0.3) is 5.52 Å². The van der Waals surface area contributed by atoms with E-state index in [1.54, 1.807) is 13.8 Å². The third-order valence-electron chi connectivity index (χ3n) is 2.24. The zero-order chi connectivity index (χ0) is 11.9. The molecule has 2 aromatic rings. The number of methoxy groups -OCH3 is 1. The maximum atomic E-state index is 11.6. The average Bonchev–Trinajstić information content (AvgIpc) is 2.54. The summed E-state index contributed by atoms with van der Waals surface area (Å²) in [4.78, 5) is 25.5. The molecular weight excluding hydrogens is 212 g/mol. The first-order chi connectivity index (χ1) is 7.54. The summed E-state index contributed by atoms with van der Waals surface area (Å²) in [7, 11) is 1.26. The maximum Gasteiger partial charge on any atom is 0.358 e. The molecular formula is C9H10N4O3. The Kier molecular flexibility index (Phi) is 2.22. The van der Waals surface area contributed by atoms with Gasteiger partial charge in [0.05, 0.1) is 7.11 Å². The van der Waals surface area contributed by atoms with Gasteiger partial charge in [-0.1, -0.05) is 0 Å². The van der Waals surface area contributed by atoms with Crippen LogP contribution in [0.1, 0.15) is 21.9 Å². The Morgan fingerprint density at radius 2 is 2.06 bits per heavy atom. The smallest absolute Gasteiger partial charge is 0.358 e. The minimum absolute atomic E-state index is 0.103. The van der Waals surface area contributed by atoms with E-state index in [0.717, 1.165) is 4.63 Å². The van der Waals surface area contributed by atoms with Gasteiger partial charge in [0.2, 0.25) is 0 Å². The predicted molar refractivity (Wildman–Crippen MR) is 54.4 cm³/mol. The Balaban J connectivity index is 2.83. The molecule has 0 bridgehead atoms. The molecule has 2 heterocycles. The molecule has 84 valence electrons. The van der Waals surface area contributed by atoms with Crippen molar-refractivity contribution in [3.05, 3.63) is 27.4 Å². The van der Waals surface area contributed by atoms with E-state index in [9.17, 15) is 9.59 Å². The second-order valence-corrected chi connectivity index (χ2v) is 3.34. The SMILES string of the molecule is COC(=O)c1nn2nc(C)[nH]c(=O)c2c1C. The number of aromatic amines is 1. The van der Waals surface area contributed by atoms with Gasteiger partial charge < -0.3 is 9.72 Å². The fraction of sp³-hybridized carbons (Fsp3) is 0.333. The van der Waals surface area contributed by atoms with E-state index in [4.69, 9.17) is 0 Å². The number of nitrogens with one attached hydrogen (secondary N) is 1. The third kappa shape index (κ3) is 1.37. The van der Waals surface area contributed by atoms with Gasteiger partial charge in [-0.3, -0.25) is 4.79 Å². The quantitative estimate of drug-likeness (QED) is 0.676. The second kappa shape index (κ2) is 3.44. The topological polar surface area (TPSA) is 89.3 Å². The van der Waals surface area contributed by atoms with E-state index in [1.165, 1.54) is 7.11 Å². The molecule has 1 N–H and O–H groups in total. The lowest BCUT2D eigenvalue weighted by atomic mass is 10.2. The van der Waals surface area contributed by atoms with Crippen molar-refractivity contribution in [1.82, 2.24) is 19.8 Å². The van der Waals surface area contributed by atoms with Gasteiger partial charge in [0.25, 0.3) is 5.56 Å². The molecule has 0 unspecified atom stereocenters. The highest BCUT2D eigenvalue weighted by molar-refractivity contribution is 5.90. The van der Waals surface area contributed by atoms with E-state index in [2.05, 4.69) is 19.9 Å². The van der Waals surface area contributed by atoms with E-state index < -0.39 is 5.97 Å². The predicted octanol–water partition coefficient (Wildman–Crippen LogP) is -0.179. The van der Waals surface area contributed by atoms with Crippen LogP contribution in [-0.2, 0) is 4.74 Å². The molecule has 2 aromatic heterocycles. The highest BCUT2D eigenvalue weighted by Gasteiger charge is 2.19. The highest BCUT2D eigenvalue weighted by Crippen LogP contribution is 2.10. The molecule has 0 atom stereocenters. The lowest BCUT2D eigenvalue weighted by Gasteiger charge is -1.93. The number of nitrogens with zero attached hydrogens (tertiary/aromatic N) is 3. The van der Waals surface area contributed by atoms with Crippen molar-refractivity contribution in [1.29, 1.82) is 0 Å². The van der Waals surface area contributed by atoms with E-state index in [-0.39, 0.29) is 16.8 Å². The third-order valence-corrected chi connectivity index (χ3v) is 2.24. The molecule has 0 fully saturated rings. The van der Waals surface area contributed by atoms with Gasteiger partial charge in [0, 0.05) is 5.56 Å². The molecule has 0 aliphatic rings. The molecule has 7 nitrogen and oxygen atoms in total. The molecule has 0 radical (unpaired) electrons. The van der Waals surface area contributed by atoms with Crippen LogP contribution in [0.5, 0.6) is 0 Å². The van der Waals surface area contributed by atoms with Crippen LogP contribution in [0.4, 0.5) is 0 Å². The van der Waals surface area contributed by atoms with Crippen LogP contribution in [0.2, 0.25) is 0 Å². The monoisotopic (exact) mass is 222 g/mol. The van der Waals surface area contributed by atoms with Crippen molar-refractivity contribution in [3.63, 3.8) is 0 Å². The van der Waals surface area contributed by atoms with Crippen molar-refractivity contribution in [3.8, 4) is 0 Å². The number of fused-ring (bicyclic) bond motifs is 1. The molecule has 0 saturated heterocycles. The second-order valence-electron chi connectivity index (χ2n) is 3.34. The molecule has 0 aliphatic carbocycles. The zero-order valence-electron chi connectivity index (χ0n) is 9.07. The molecule has 16 heavy (non-hydrogen) atoms. The van der Waals surface area contributed by atoms with Crippen molar-refractivity contribution < 1.29 is 9.53 Å². The number of esters is 1. The number of hydrogen-bond donors (Lipinski definition) is 1. The van der Waals surface area contributed by atoms with Crippen molar-refractivity contribution in [2.45, 2.75) is 13.8 Å². The number of aromatic nitrogens is 4. The Hall–Kier alpha value is -2.18. The lowest BCUT2D eigenvalue weighted by molar-refractivity contribution is 0.0592. The van der Waals surface area contributed by atoms with Crippen molar-refractivity contribution in [2.24, 2.45) is 0 Å². The summed E-state index contributed by atoms with van der Waals surface area (Å²) < 4.78 is 5.71. The summed E-state index contributed by atoms with van der Waals surface area (Å²) in [5, 5.41) is 7.89. The maximum absolute atomic E-state index is 11.6. The Morgan fingerprint density at radius 3 is 2.69 bits per heavy atom. The highest BCUT2D eigenvalue weighted by atomic mass is 16.5. The average molecular weight is 222 g/mol. The summed E-state index contributed by atoms with van der Waals surface area (Å²) in [6.07, 6.45) is 0. The molecule has 7 heteroatoms. The summed E-state index contributed by atoms with van der Waals surface area (Å²) in [5.74, 6) is -0.156. The lowest BCUT2D eigenvalue weighted by Crippen LogP contribution is -2.14. The van der Waals surface area contributed by atoms with Gasteiger partial charge in [0.15, 0.2) is 11.2 Å². The molecule has 0 spiro atoms. The number of carbonyl (C=O) groups excluding carboxylic acids is 1. The zero-order valence-corrected chi connectivity index (χ0v) is 9.07. The Morgan fingerprint density at radius 1 is 1.38 bits per heavy atom. The van der Waals surface area contributed by atoms with Crippen LogP contribution in [0.3, 0.4) is 0 Å². The van der Waals surface area contributed by atoms with E-state index >= 15 is 0 Å². The van der Waals surface area contributed by atoms with Crippen molar-refractivity contribution in [2.75, 3.05) is 7.11 Å².